The standard InChI is InChI=1S/C10H10F3NS/c1-2-5-15-9-4-3-7(6-8(9)14)10(11,12)13/h2-4,6H,1,5,14H2. The number of anilines is 1. The number of thioether (sulfide) groups is 1. The summed E-state index contributed by atoms with van der Waals surface area (Å²) < 4.78 is 36.8. The first-order valence-corrected chi connectivity index (χ1v) is 5.14. The molecule has 0 aromatic heterocycles. The third kappa shape index (κ3) is 3.20. The molecule has 0 saturated heterocycles. The Bertz CT molecular complexity index is 360. The SMILES string of the molecule is C=CCSc1ccc(C(F)(F)F)cc1N. The van der Waals surface area contributed by atoms with Crippen LogP contribution in [0.1, 0.15) is 5.56 Å². The van der Waals surface area contributed by atoms with Gasteiger partial charge in [-0.2, -0.15) is 13.2 Å². The molecule has 0 radical (unpaired) electrons. The van der Waals surface area contributed by atoms with Gasteiger partial charge >= 0.3 is 6.18 Å². The second-order valence-corrected chi connectivity index (χ2v) is 3.91. The number of rotatable bonds is 3. The monoisotopic (exact) mass is 233 g/mol. The fourth-order valence-electron chi connectivity index (χ4n) is 1.00. The molecular formula is C10H10F3NS. The van der Waals surface area contributed by atoms with Crippen molar-refractivity contribution < 1.29 is 13.2 Å². The van der Waals surface area contributed by atoms with Crippen LogP contribution in [-0.4, -0.2) is 5.75 Å². The van der Waals surface area contributed by atoms with Crippen LogP contribution in [0.5, 0.6) is 0 Å². The fraction of sp³-hybridized carbons (Fsp3) is 0.200. The van der Waals surface area contributed by atoms with Gasteiger partial charge < -0.3 is 5.73 Å². The van der Waals surface area contributed by atoms with Gasteiger partial charge in [0.1, 0.15) is 0 Å². The van der Waals surface area contributed by atoms with Crippen LogP contribution in [0.25, 0.3) is 0 Å². The molecule has 5 heteroatoms. The van der Waals surface area contributed by atoms with Crippen molar-refractivity contribution in [2.75, 3.05) is 11.5 Å². The molecule has 0 bridgehead atoms. The van der Waals surface area contributed by atoms with Crippen LogP contribution in [0, 0.1) is 0 Å². The van der Waals surface area contributed by atoms with Gasteiger partial charge in [-0.05, 0) is 18.2 Å². The van der Waals surface area contributed by atoms with Gasteiger partial charge in [-0.1, -0.05) is 6.08 Å². The van der Waals surface area contributed by atoms with Crippen molar-refractivity contribution in [2.24, 2.45) is 0 Å². The van der Waals surface area contributed by atoms with E-state index < -0.39 is 11.7 Å². The predicted octanol–water partition coefficient (Wildman–Crippen LogP) is 3.57. The minimum absolute atomic E-state index is 0.150. The second-order valence-electron chi connectivity index (χ2n) is 2.85. The molecule has 1 aromatic carbocycles. The first kappa shape index (κ1) is 12.0. The van der Waals surface area contributed by atoms with E-state index in [0.717, 1.165) is 12.1 Å². The molecule has 0 saturated carbocycles. The van der Waals surface area contributed by atoms with E-state index in [1.165, 1.54) is 17.8 Å². The van der Waals surface area contributed by atoms with Crippen molar-refractivity contribution in [3.63, 3.8) is 0 Å². The quantitative estimate of drug-likeness (QED) is 0.490. The fourth-order valence-corrected chi connectivity index (χ4v) is 1.69. The molecule has 1 rings (SSSR count). The Morgan fingerprint density at radius 3 is 2.53 bits per heavy atom. The van der Waals surface area contributed by atoms with Crippen LogP contribution in [0.4, 0.5) is 18.9 Å². The van der Waals surface area contributed by atoms with Gasteiger partial charge in [-0.3, -0.25) is 0 Å². The normalized spacial score (nSPS) is 11.4. The smallest absolute Gasteiger partial charge is 0.398 e. The molecule has 0 atom stereocenters. The predicted molar refractivity (Wildman–Crippen MR) is 56.8 cm³/mol. The van der Waals surface area contributed by atoms with Crippen LogP contribution >= 0.6 is 11.8 Å². The lowest BCUT2D eigenvalue weighted by Gasteiger charge is -2.09. The van der Waals surface area contributed by atoms with E-state index in [0.29, 0.717) is 10.6 Å². The highest BCUT2D eigenvalue weighted by atomic mass is 32.2. The Hall–Kier alpha value is -1.10. The third-order valence-corrected chi connectivity index (χ3v) is 2.78. The number of nitrogens with two attached hydrogens (primary N) is 1. The zero-order chi connectivity index (χ0) is 11.5. The van der Waals surface area contributed by atoms with E-state index in [9.17, 15) is 13.2 Å². The Morgan fingerprint density at radius 1 is 1.40 bits per heavy atom. The highest BCUT2D eigenvalue weighted by molar-refractivity contribution is 7.99. The molecule has 0 spiro atoms. The first-order valence-electron chi connectivity index (χ1n) is 4.15. The molecule has 0 heterocycles. The van der Waals surface area contributed by atoms with E-state index in [2.05, 4.69) is 6.58 Å². The highest BCUT2D eigenvalue weighted by Gasteiger charge is 2.30. The van der Waals surface area contributed by atoms with Gasteiger partial charge in [-0.15, -0.1) is 18.3 Å². The average molecular weight is 233 g/mol. The summed E-state index contributed by atoms with van der Waals surface area (Å²) in [6, 6.07) is 3.36. The van der Waals surface area contributed by atoms with Crippen LogP contribution in [0.2, 0.25) is 0 Å². The molecule has 15 heavy (non-hydrogen) atoms. The number of hydrogen-bond donors (Lipinski definition) is 1. The lowest BCUT2D eigenvalue weighted by molar-refractivity contribution is -0.137. The van der Waals surface area contributed by atoms with Crippen LogP contribution < -0.4 is 5.73 Å². The van der Waals surface area contributed by atoms with E-state index in [4.69, 9.17) is 5.73 Å². The minimum Gasteiger partial charge on any atom is -0.398 e. The van der Waals surface area contributed by atoms with E-state index in [-0.39, 0.29) is 5.69 Å². The second kappa shape index (κ2) is 4.61. The lowest BCUT2D eigenvalue weighted by Crippen LogP contribution is -2.05. The molecule has 0 unspecified atom stereocenters. The van der Waals surface area contributed by atoms with Crippen molar-refractivity contribution in [3.8, 4) is 0 Å². The van der Waals surface area contributed by atoms with E-state index in [1.54, 1.807) is 6.08 Å². The molecular weight excluding hydrogens is 223 g/mol. The zero-order valence-corrected chi connectivity index (χ0v) is 8.66. The number of nitrogen functional groups attached to an aromatic ring is 1. The van der Waals surface area contributed by atoms with Crippen molar-refractivity contribution >= 4 is 17.4 Å². The highest BCUT2D eigenvalue weighted by Crippen LogP contribution is 2.34. The molecule has 82 valence electrons. The Morgan fingerprint density at radius 2 is 2.07 bits per heavy atom. The molecule has 0 aliphatic rings. The Labute approximate surface area is 90.2 Å². The maximum absolute atomic E-state index is 12.3. The van der Waals surface area contributed by atoms with Gasteiger partial charge in [0.25, 0.3) is 0 Å². The summed E-state index contributed by atoms with van der Waals surface area (Å²) in [5, 5.41) is 0. The van der Waals surface area contributed by atoms with E-state index in [1.807, 2.05) is 0 Å². The van der Waals surface area contributed by atoms with Gasteiger partial charge in [0.2, 0.25) is 0 Å². The van der Waals surface area contributed by atoms with Crippen LogP contribution in [0.15, 0.2) is 35.7 Å². The van der Waals surface area contributed by atoms with Crippen molar-refractivity contribution in [1.82, 2.24) is 0 Å². The number of benzene rings is 1. The third-order valence-electron chi connectivity index (χ3n) is 1.69. The number of halogens is 3. The summed E-state index contributed by atoms with van der Waals surface area (Å²) in [6.07, 6.45) is -2.67. The zero-order valence-electron chi connectivity index (χ0n) is 7.84. The van der Waals surface area contributed by atoms with Crippen LogP contribution in [-0.2, 0) is 6.18 Å². The van der Waals surface area contributed by atoms with Crippen LogP contribution in [0.3, 0.4) is 0 Å². The molecule has 1 aromatic rings. The number of hydrogen-bond acceptors (Lipinski definition) is 2. The lowest BCUT2D eigenvalue weighted by atomic mass is 10.2. The summed E-state index contributed by atoms with van der Waals surface area (Å²) in [5.41, 5.74) is 4.93. The molecule has 0 aliphatic carbocycles. The molecule has 0 aliphatic heterocycles. The summed E-state index contributed by atoms with van der Waals surface area (Å²) in [7, 11) is 0. The van der Waals surface area contributed by atoms with Crippen molar-refractivity contribution in [1.29, 1.82) is 0 Å². The van der Waals surface area contributed by atoms with Gasteiger partial charge in [0, 0.05) is 16.3 Å². The first-order chi connectivity index (χ1) is 6.95. The van der Waals surface area contributed by atoms with Gasteiger partial charge in [0.05, 0.1) is 5.56 Å². The summed E-state index contributed by atoms with van der Waals surface area (Å²) >= 11 is 1.36. The molecule has 0 fully saturated rings. The van der Waals surface area contributed by atoms with E-state index >= 15 is 0 Å². The molecule has 0 amide bonds. The minimum atomic E-state index is -4.34. The maximum Gasteiger partial charge on any atom is 0.416 e. The van der Waals surface area contributed by atoms with Crippen molar-refractivity contribution in [2.45, 2.75) is 11.1 Å². The molecule has 1 nitrogen and oxygen atoms in total. The summed E-state index contributed by atoms with van der Waals surface area (Å²) in [5.74, 6) is 0.621. The Kier molecular flexibility index (Phi) is 3.68. The Balaban J connectivity index is 2.93. The summed E-state index contributed by atoms with van der Waals surface area (Å²) in [6.45, 7) is 3.52. The van der Waals surface area contributed by atoms with Gasteiger partial charge in [-0.25, -0.2) is 0 Å². The average Bonchev–Trinajstić information content (AvgIpc) is 2.14. The summed E-state index contributed by atoms with van der Waals surface area (Å²) in [4.78, 5) is 0.642. The maximum atomic E-state index is 12.3. The topological polar surface area (TPSA) is 26.0 Å². The van der Waals surface area contributed by atoms with Gasteiger partial charge in [0.15, 0.2) is 0 Å². The largest absolute Gasteiger partial charge is 0.416 e. The molecule has 2 N–H and O–H groups in total. The number of alkyl halides is 3. The van der Waals surface area contributed by atoms with Crippen molar-refractivity contribution in [3.05, 3.63) is 36.4 Å².